The van der Waals surface area contributed by atoms with Crippen LogP contribution in [0.25, 0.3) is 0 Å². The zero-order chi connectivity index (χ0) is 14.0. The summed E-state index contributed by atoms with van der Waals surface area (Å²) >= 11 is 0. The van der Waals surface area contributed by atoms with E-state index in [-0.39, 0.29) is 12.0 Å². The van der Waals surface area contributed by atoms with Crippen LogP contribution in [0.15, 0.2) is 30.3 Å². The number of aliphatic hydroxyl groups is 2. The highest BCUT2D eigenvalue weighted by Crippen LogP contribution is 2.55. The molecule has 110 valence electrons. The van der Waals surface area contributed by atoms with E-state index in [2.05, 4.69) is 12.1 Å². The van der Waals surface area contributed by atoms with Gasteiger partial charge in [-0.05, 0) is 43.6 Å². The van der Waals surface area contributed by atoms with Crippen molar-refractivity contribution in [3.63, 3.8) is 0 Å². The summed E-state index contributed by atoms with van der Waals surface area (Å²) in [6.07, 6.45) is 8.25. The van der Waals surface area contributed by atoms with Gasteiger partial charge in [0, 0.05) is 5.92 Å². The molecule has 0 amide bonds. The minimum atomic E-state index is -0.545. The normalized spacial score (nSPS) is 32.0. The monoisotopic (exact) mass is 274 g/mol. The van der Waals surface area contributed by atoms with E-state index in [1.165, 1.54) is 24.8 Å². The predicted octanol–water partition coefficient (Wildman–Crippen LogP) is 3.31. The van der Waals surface area contributed by atoms with Crippen LogP contribution in [0.1, 0.15) is 50.5 Å². The first-order valence-electron chi connectivity index (χ1n) is 8.14. The number of aliphatic hydroxyl groups excluding tert-OH is 1. The Labute approximate surface area is 121 Å². The highest BCUT2D eigenvalue weighted by Gasteiger charge is 2.60. The maximum Gasteiger partial charge on any atom is 0.0734 e. The fourth-order valence-electron chi connectivity index (χ4n) is 3.99. The van der Waals surface area contributed by atoms with Crippen molar-refractivity contribution in [2.24, 2.45) is 11.8 Å². The Bertz CT molecular complexity index is 424. The molecule has 0 heterocycles. The molecule has 2 heteroatoms. The smallest absolute Gasteiger partial charge is 0.0734 e. The van der Waals surface area contributed by atoms with Crippen molar-refractivity contribution in [1.29, 1.82) is 0 Å². The van der Waals surface area contributed by atoms with Crippen LogP contribution in [0.2, 0.25) is 0 Å². The van der Waals surface area contributed by atoms with Crippen molar-refractivity contribution in [2.75, 3.05) is 0 Å². The maximum absolute atomic E-state index is 10.7. The summed E-state index contributed by atoms with van der Waals surface area (Å²) in [5, 5.41) is 21.1. The van der Waals surface area contributed by atoms with Gasteiger partial charge in [0.05, 0.1) is 11.7 Å². The molecule has 0 aliphatic heterocycles. The van der Waals surface area contributed by atoms with Crippen molar-refractivity contribution in [2.45, 2.75) is 63.1 Å². The Balaban J connectivity index is 1.50. The molecule has 1 aromatic rings. The summed E-state index contributed by atoms with van der Waals surface area (Å²) in [6, 6.07) is 10.3. The fourth-order valence-corrected chi connectivity index (χ4v) is 3.99. The Morgan fingerprint density at radius 2 is 1.80 bits per heavy atom. The van der Waals surface area contributed by atoms with E-state index in [4.69, 9.17) is 0 Å². The molecule has 2 fully saturated rings. The largest absolute Gasteiger partial charge is 0.393 e. The third-order valence-electron chi connectivity index (χ3n) is 5.38. The lowest BCUT2D eigenvalue weighted by Crippen LogP contribution is -2.30. The maximum atomic E-state index is 10.7. The Kier molecular flexibility index (Phi) is 4.13. The van der Waals surface area contributed by atoms with Gasteiger partial charge in [-0.25, -0.2) is 0 Å². The molecular weight excluding hydrogens is 248 g/mol. The molecule has 0 unspecified atom stereocenters. The van der Waals surface area contributed by atoms with Crippen molar-refractivity contribution in [1.82, 2.24) is 0 Å². The number of rotatable bonds is 5. The van der Waals surface area contributed by atoms with Gasteiger partial charge in [-0.1, -0.05) is 49.6 Å². The van der Waals surface area contributed by atoms with E-state index in [0.29, 0.717) is 5.92 Å². The van der Waals surface area contributed by atoms with Gasteiger partial charge in [0.25, 0.3) is 0 Å². The van der Waals surface area contributed by atoms with Crippen LogP contribution in [0.4, 0.5) is 0 Å². The average Bonchev–Trinajstić information content (AvgIpc) is 3.20. The molecule has 0 bridgehead atoms. The number of aryl methyl sites for hydroxylation is 1. The SMILES string of the molecule is O[C@@H](CCc1ccccc1)[C@@H]1C[C@@]1(O)C1CCCCC1. The number of benzene rings is 1. The van der Waals surface area contributed by atoms with Crippen molar-refractivity contribution >= 4 is 0 Å². The van der Waals surface area contributed by atoms with Gasteiger partial charge in [0.1, 0.15) is 0 Å². The zero-order valence-corrected chi connectivity index (χ0v) is 12.2. The van der Waals surface area contributed by atoms with E-state index >= 15 is 0 Å². The molecule has 2 N–H and O–H groups in total. The van der Waals surface area contributed by atoms with E-state index in [9.17, 15) is 10.2 Å². The summed E-state index contributed by atoms with van der Waals surface area (Å²) in [5.41, 5.74) is 0.727. The van der Waals surface area contributed by atoms with Gasteiger partial charge >= 0.3 is 0 Å². The fraction of sp³-hybridized carbons (Fsp3) is 0.667. The minimum absolute atomic E-state index is 0.120. The molecule has 1 aromatic carbocycles. The molecule has 0 radical (unpaired) electrons. The molecule has 0 saturated heterocycles. The molecular formula is C18H26O2. The molecule has 0 aromatic heterocycles. The minimum Gasteiger partial charge on any atom is -0.393 e. The first-order chi connectivity index (χ1) is 9.70. The molecule has 3 rings (SSSR count). The first kappa shape index (κ1) is 14.1. The van der Waals surface area contributed by atoms with Gasteiger partial charge in [-0.15, -0.1) is 0 Å². The lowest BCUT2D eigenvalue weighted by Gasteiger charge is -2.28. The molecule has 3 atom stereocenters. The second kappa shape index (κ2) is 5.87. The van der Waals surface area contributed by atoms with Crippen molar-refractivity contribution in [3.8, 4) is 0 Å². The molecule has 2 aliphatic carbocycles. The van der Waals surface area contributed by atoms with Crippen LogP contribution in [0.5, 0.6) is 0 Å². The molecule has 20 heavy (non-hydrogen) atoms. The second-order valence-corrected chi connectivity index (χ2v) is 6.73. The highest BCUT2D eigenvalue weighted by atomic mass is 16.3. The Morgan fingerprint density at radius 1 is 1.10 bits per heavy atom. The van der Waals surface area contributed by atoms with Gasteiger partial charge in [-0.2, -0.15) is 0 Å². The summed E-state index contributed by atoms with van der Waals surface area (Å²) in [7, 11) is 0. The van der Waals surface area contributed by atoms with Gasteiger partial charge in [0.2, 0.25) is 0 Å². The zero-order valence-electron chi connectivity index (χ0n) is 12.2. The third-order valence-corrected chi connectivity index (χ3v) is 5.38. The Morgan fingerprint density at radius 3 is 2.50 bits per heavy atom. The summed E-state index contributed by atoms with van der Waals surface area (Å²) in [4.78, 5) is 0. The number of hydrogen-bond acceptors (Lipinski definition) is 2. The van der Waals surface area contributed by atoms with Crippen LogP contribution < -0.4 is 0 Å². The second-order valence-electron chi connectivity index (χ2n) is 6.73. The van der Waals surface area contributed by atoms with Crippen LogP contribution in [-0.4, -0.2) is 21.9 Å². The van der Waals surface area contributed by atoms with Gasteiger partial charge < -0.3 is 10.2 Å². The van der Waals surface area contributed by atoms with E-state index < -0.39 is 5.60 Å². The summed E-state index contributed by atoms with van der Waals surface area (Å²) < 4.78 is 0. The summed E-state index contributed by atoms with van der Waals surface area (Å²) in [6.45, 7) is 0. The van der Waals surface area contributed by atoms with E-state index in [1.807, 2.05) is 18.2 Å². The molecule has 2 saturated carbocycles. The topological polar surface area (TPSA) is 40.5 Å². The highest BCUT2D eigenvalue weighted by molar-refractivity contribution is 5.16. The van der Waals surface area contributed by atoms with Crippen LogP contribution in [0, 0.1) is 11.8 Å². The lowest BCUT2D eigenvalue weighted by atomic mass is 9.82. The van der Waals surface area contributed by atoms with Crippen LogP contribution in [0.3, 0.4) is 0 Å². The Hall–Kier alpha value is -0.860. The lowest BCUT2D eigenvalue weighted by molar-refractivity contribution is 0.0135. The van der Waals surface area contributed by atoms with Crippen molar-refractivity contribution in [3.05, 3.63) is 35.9 Å². The first-order valence-corrected chi connectivity index (χ1v) is 8.14. The molecule has 2 aliphatic rings. The predicted molar refractivity (Wildman–Crippen MR) is 80.4 cm³/mol. The number of hydrogen-bond donors (Lipinski definition) is 2. The standard InChI is InChI=1S/C18H26O2/c19-17(12-11-14-7-3-1-4-8-14)16-13-18(16,20)15-9-5-2-6-10-15/h1,3-4,7-8,15-17,19-20H,2,5-6,9-13H2/t16-,17-,18+/m0/s1. The van der Waals surface area contributed by atoms with Crippen molar-refractivity contribution < 1.29 is 10.2 Å². The quantitative estimate of drug-likeness (QED) is 0.865. The van der Waals surface area contributed by atoms with Gasteiger partial charge in [0.15, 0.2) is 0 Å². The molecule has 2 nitrogen and oxygen atoms in total. The average molecular weight is 274 g/mol. The van der Waals surface area contributed by atoms with E-state index in [0.717, 1.165) is 32.1 Å². The van der Waals surface area contributed by atoms with Gasteiger partial charge in [-0.3, -0.25) is 0 Å². The summed E-state index contributed by atoms with van der Waals surface area (Å²) in [5.74, 6) is 0.557. The third kappa shape index (κ3) is 2.91. The molecule has 0 spiro atoms. The van der Waals surface area contributed by atoms with E-state index in [1.54, 1.807) is 0 Å². The van der Waals surface area contributed by atoms with Crippen LogP contribution in [-0.2, 0) is 6.42 Å². The van der Waals surface area contributed by atoms with Crippen LogP contribution >= 0.6 is 0 Å².